The molecule has 1 aromatic rings. The molecule has 2 nitrogen and oxygen atoms in total. The lowest BCUT2D eigenvalue weighted by atomic mass is 10.2. The molecule has 0 heterocycles. The van der Waals surface area contributed by atoms with E-state index in [4.69, 9.17) is 9.47 Å². The van der Waals surface area contributed by atoms with E-state index in [0.29, 0.717) is 0 Å². The first-order valence-electron chi connectivity index (χ1n) is 7.11. The van der Waals surface area contributed by atoms with Gasteiger partial charge in [0.2, 0.25) is 0 Å². The van der Waals surface area contributed by atoms with Crippen LogP contribution in [0.2, 0.25) is 0 Å². The fourth-order valence-corrected chi connectivity index (χ4v) is 1.77. The highest BCUT2D eigenvalue weighted by Gasteiger charge is 2.04. The third-order valence-corrected chi connectivity index (χ3v) is 2.83. The third-order valence-electron chi connectivity index (χ3n) is 2.83. The first kappa shape index (κ1) is 15.4. The predicted octanol–water partition coefficient (Wildman–Crippen LogP) is 4.42. The van der Waals surface area contributed by atoms with Gasteiger partial charge in [-0.2, -0.15) is 0 Å². The van der Waals surface area contributed by atoms with Crippen molar-refractivity contribution in [3.05, 3.63) is 23.8 Å². The first-order chi connectivity index (χ1) is 9.31. The Hall–Kier alpha value is -1.62. The summed E-state index contributed by atoms with van der Waals surface area (Å²) in [5, 5.41) is 0. The Kier molecular flexibility index (Phi) is 7.58. The Morgan fingerprint density at radius 3 is 2.58 bits per heavy atom. The molecule has 0 aliphatic heterocycles. The van der Waals surface area contributed by atoms with E-state index in [2.05, 4.69) is 18.8 Å². The van der Waals surface area contributed by atoms with Gasteiger partial charge in [-0.1, -0.05) is 45.0 Å². The molecule has 2 heteroatoms. The molecule has 0 amide bonds. The van der Waals surface area contributed by atoms with Crippen LogP contribution in [0.25, 0.3) is 0 Å². The molecule has 0 bridgehead atoms. The maximum absolute atomic E-state index is 5.76. The molecule has 0 fully saturated rings. The summed E-state index contributed by atoms with van der Waals surface area (Å²) in [6.45, 7) is 4.99. The van der Waals surface area contributed by atoms with Gasteiger partial charge in [0.15, 0.2) is 11.5 Å². The molecule has 0 N–H and O–H groups in total. The fourth-order valence-electron chi connectivity index (χ4n) is 1.77. The van der Waals surface area contributed by atoms with E-state index in [9.17, 15) is 0 Å². The molecule has 0 saturated carbocycles. The quantitative estimate of drug-likeness (QED) is 0.534. The van der Waals surface area contributed by atoms with Crippen molar-refractivity contribution in [3.63, 3.8) is 0 Å². The summed E-state index contributed by atoms with van der Waals surface area (Å²) in [4.78, 5) is 0. The molecule has 0 spiro atoms. The van der Waals surface area contributed by atoms with Crippen LogP contribution in [0, 0.1) is 11.8 Å². The highest BCUT2D eigenvalue weighted by Crippen LogP contribution is 2.28. The second-order valence-electron chi connectivity index (χ2n) is 4.43. The number of hydrogen-bond acceptors (Lipinski definition) is 2. The van der Waals surface area contributed by atoms with E-state index in [1.54, 1.807) is 7.11 Å². The van der Waals surface area contributed by atoms with Gasteiger partial charge in [0.05, 0.1) is 13.7 Å². The Balaban J connectivity index is 2.58. The smallest absolute Gasteiger partial charge is 0.161 e. The summed E-state index contributed by atoms with van der Waals surface area (Å²) < 4.78 is 11.1. The maximum atomic E-state index is 5.76. The number of methoxy groups -OCH3 is 1. The van der Waals surface area contributed by atoms with E-state index in [-0.39, 0.29) is 0 Å². The molecule has 104 valence electrons. The van der Waals surface area contributed by atoms with Gasteiger partial charge in [-0.05, 0) is 24.6 Å². The Bertz CT molecular complexity index is 427. The number of benzene rings is 1. The van der Waals surface area contributed by atoms with Crippen molar-refractivity contribution in [3.8, 4) is 23.3 Å². The summed E-state index contributed by atoms with van der Waals surface area (Å²) >= 11 is 0. The first-order valence-corrected chi connectivity index (χ1v) is 7.11. The molecule has 0 aliphatic rings. The van der Waals surface area contributed by atoms with Crippen molar-refractivity contribution in [2.45, 2.75) is 46.0 Å². The van der Waals surface area contributed by atoms with Gasteiger partial charge < -0.3 is 9.47 Å². The topological polar surface area (TPSA) is 18.5 Å². The summed E-state index contributed by atoms with van der Waals surface area (Å²) in [5.74, 6) is 7.72. The van der Waals surface area contributed by atoms with Crippen molar-refractivity contribution in [2.24, 2.45) is 0 Å². The van der Waals surface area contributed by atoms with E-state index in [1.165, 1.54) is 19.3 Å². The molecule has 0 aliphatic carbocycles. The monoisotopic (exact) mass is 260 g/mol. The van der Waals surface area contributed by atoms with Crippen LogP contribution in [0.3, 0.4) is 0 Å². The highest BCUT2D eigenvalue weighted by atomic mass is 16.5. The van der Waals surface area contributed by atoms with Crippen LogP contribution >= 0.6 is 0 Å². The number of hydrogen-bond donors (Lipinski definition) is 0. The van der Waals surface area contributed by atoms with Crippen LogP contribution in [-0.2, 0) is 0 Å². The van der Waals surface area contributed by atoms with E-state index >= 15 is 0 Å². The molecule has 1 rings (SSSR count). The van der Waals surface area contributed by atoms with Crippen LogP contribution in [0.5, 0.6) is 11.5 Å². The van der Waals surface area contributed by atoms with Crippen LogP contribution < -0.4 is 9.47 Å². The predicted molar refractivity (Wildman–Crippen MR) is 79.8 cm³/mol. The van der Waals surface area contributed by atoms with Gasteiger partial charge in [0.25, 0.3) is 0 Å². The van der Waals surface area contributed by atoms with Gasteiger partial charge in [-0.15, -0.1) is 0 Å². The van der Waals surface area contributed by atoms with E-state index in [0.717, 1.165) is 36.5 Å². The lowest BCUT2D eigenvalue weighted by Gasteiger charge is -2.10. The van der Waals surface area contributed by atoms with Gasteiger partial charge in [-0.3, -0.25) is 0 Å². The Labute approximate surface area is 117 Å². The molecular weight excluding hydrogens is 236 g/mol. The zero-order valence-corrected chi connectivity index (χ0v) is 12.3. The average Bonchev–Trinajstić information content (AvgIpc) is 2.45. The van der Waals surface area contributed by atoms with Crippen molar-refractivity contribution in [1.82, 2.24) is 0 Å². The van der Waals surface area contributed by atoms with Crippen LogP contribution in [0.1, 0.15) is 51.5 Å². The molecule has 19 heavy (non-hydrogen) atoms. The summed E-state index contributed by atoms with van der Waals surface area (Å²) in [6.07, 6.45) is 5.69. The van der Waals surface area contributed by atoms with Crippen molar-refractivity contribution in [2.75, 3.05) is 13.7 Å². The Morgan fingerprint density at radius 2 is 1.89 bits per heavy atom. The fraction of sp³-hybridized carbons (Fsp3) is 0.529. The lowest BCUT2D eigenvalue weighted by molar-refractivity contribution is 0.285. The molecule has 0 radical (unpaired) electrons. The zero-order valence-electron chi connectivity index (χ0n) is 12.3. The molecular formula is C17H24O2. The van der Waals surface area contributed by atoms with Gasteiger partial charge in [0, 0.05) is 12.0 Å². The second-order valence-corrected chi connectivity index (χ2v) is 4.43. The van der Waals surface area contributed by atoms with Gasteiger partial charge in [-0.25, -0.2) is 0 Å². The number of ether oxygens (including phenoxy) is 2. The average molecular weight is 260 g/mol. The third kappa shape index (κ3) is 5.70. The minimum Gasteiger partial charge on any atom is -0.493 e. The van der Waals surface area contributed by atoms with Crippen molar-refractivity contribution < 1.29 is 9.47 Å². The minimum atomic E-state index is 0.746. The van der Waals surface area contributed by atoms with E-state index in [1.807, 2.05) is 25.1 Å². The lowest BCUT2D eigenvalue weighted by Crippen LogP contribution is -1.99. The van der Waals surface area contributed by atoms with Gasteiger partial charge >= 0.3 is 0 Å². The highest BCUT2D eigenvalue weighted by molar-refractivity contribution is 5.48. The van der Waals surface area contributed by atoms with Crippen LogP contribution in [-0.4, -0.2) is 13.7 Å². The number of unbranched alkanes of at least 4 members (excludes halogenated alkanes) is 3. The summed E-state index contributed by atoms with van der Waals surface area (Å²) in [5.41, 5.74) is 0.969. The molecule has 0 saturated heterocycles. The molecule has 0 aromatic heterocycles. The standard InChI is InChI=1S/C17H24O2/c1-4-6-8-9-13-19-16-12-11-15(10-7-5-2)14-17(16)18-3/h11-12,14H,4-6,8-9,13H2,1-3H3. The zero-order chi connectivity index (χ0) is 13.9. The summed E-state index contributed by atoms with van der Waals surface area (Å²) in [7, 11) is 1.66. The second kappa shape index (κ2) is 9.33. The van der Waals surface area contributed by atoms with Gasteiger partial charge in [0.1, 0.15) is 0 Å². The largest absolute Gasteiger partial charge is 0.493 e. The molecule has 1 aromatic carbocycles. The van der Waals surface area contributed by atoms with Crippen molar-refractivity contribution in [1.29, 1.82) is 0 Å². The normalized spacial score (nSPS) is 9.63. The van der Waals surface area contributed by atoms with Crippen LogP contribution in [0.4, 0.5) is 0 Å². The molecule has 0 atom stereocenters. The minimum absolute atomic E-state index is 0.746. The number of rotatable bonds is 7. The van der Waals surface area contributed by atoms with E-state index < -0.39 is 0 Å². The van der Waals surface area contributed by atoms with Crippen LogP contribution in [0.15, 0.2) is 18.2 Å². The SMILES string of the molecule is CCC#Cc1ccc(OCCCCCC)c(OC)c1. The Morgan fingerprint density at radius 1 is 1.05 bits per heavy atom. The summed E-state index contributed by atoms with van der Waals surface area (Å²) in [6, 6.07) is 5.86. The van der Waals surface area contributed by atoms with Crippen molar-refractivity contribution >= 4 is 0 Å². The molecule has 0 unspecified atom stereocenters. The maximum Gasteiger partial charge on any atom is 0.161 e.